The average molecular weight is 511 g/mol. The van der Waals surface area contributed by atoms with Gasteiger partial charge in [-0.1, -0.05) is 70.6 Å². The van der Waals surface area contributed by atoms with Crippen molar-refractivity contribution in [3.63, 3.8) is 0 Å². The molecular weight excluding hydrogens is 468 g/mol. The van der Waals surface area contributed by atoms with Crippen LogP contribution in [0.1, 0.15) is 110 Å². The number of ether oxygens (including phenoxy) is 1. The first-order valence-electron chi connectivity index (χ1n) is 13.1. The Hall–Kier alpha value is -1.34. The molecular formula is C26H43ClN4O2S. The Kier molecular flexibility index (Phi) is 13.9. The van der Waals surface area contributed by atoms with Crippen LogP contribution in [-0.2, 0) is 16.1 Å². The van der Waals surface area contributed by atoms with E-state index in [1.54, 1.807) is 11.8 Å². The third kappa shape index (κ3) is 10.5. The van der Waals surface area contributed by atoms with Crippen LogP contribution in [0.15, 0.2) is 5.03 Å². The summed E-state index contributed by atoms with van der Waals surface area (Å²) < 4.78 is 7.41. The molecule has 0 radical (unpaired) electrons. The number of imidazole rings is 1. The van der Waals surface area contributed by atoms with E-state index in [9.17, 15) is 4.79 Å². The van der Waals surface area contributed by atoms with Crippen LogP contribution in [0.5, 0.6) is 0 Å². The van der Waals surface area contributed by atoms with Gasteiger partial charge in [-0.25, -0.2) is 9.97 Å². The zero-order valence-electron chi connectivity index (χ0n) is 21.6. The standard InChI is InChI=1S/C26H43ClN4O2S/c1-20(2)33-22(32)18-16-14-12-10-8-6-5-7-9-11-13-15-17-19-31-21(3)28-24-23(31)25(34-4)30-26(27)29-24/h20H,5-19H2,1-4H3. The van der Waals surface area contributed by atoms with Crippen molar-refractivity contribution in [1.29, 1.82) is 0 Å². The van der Waals surface area contributed by atoms with Crippen LogP contribution in [0.4, 0.5) is 0 Å². The topological polar surface area (TPSA) is 69.9 Å². The highest BCUT2D eigenvalue weighted by molar-refractivity contribution is 7.98. The molecule has 0 bridgehead atoms. The highest BCUT2D eigenvalue weighted by Crippen LogP contribution is 2.26. The lowest BCUT2D eigenvalue weighted by atomic mass is 10.0. The van der Waals surface area contributed by atoms with Gasteiger partial charge in [-0.05, 0) is 51.5 Å². The Morgan fingerprint density at radius 2 is 1.41 bits per heavy atom. The molecule has 0 spiro atoms. The van der Waals surface area contributed by atoms with Crippen LogP contribution in [0.3, 0.4) is 0 Å². The number of thioether (sulfide) groups is 1. The molecule has 6 nitrogen and oxygen atoms in total. The third-order valence-electron chi connectivity index (χ3n) is 6.06. The van der Waals surface area contributed by atoms with Crippen molar-refractivity contribution in [3.8, 4) is 0 Å². The van der Waals surface area contributed by atoms with E-state index in [2.05, 4.69) is 19.5 Å². The first kappa shape index (κ1) is 28.9. The van der Waals surface area contributed by atoms with Crippen LogP contribution >= 0.6 is 23.4 Å². The number of halogens is 1. The molecule has 8 heteroatoms. The molecule has 2 aromatic heterocycles. The van der Waals surface area contributed by atoms with Crippen molar-refractivity contribution in [2.45, 2.75) is 128 Å². The first-order chi connectivity index (χ1) is 16.4. The van der Waals surface area contributed by atoms with Crippen molar-refractivity contribution in [1.82, 2.24) is 19.5 Å². The summed E-state index contributed by atoms with van der Waals surface area (Å²) in [5.41, 5.74) is 1.72. The number of unbranched alkanes of at least 4 members (excludes halogenated alkanes) is 12. The van der Waals surface area contributed by atoms with Gasteiger partial charge in [0.2, 0.25) is 5.28 Å². The van der Waals surface area contributed by atoms with Crippen molar-refractivity contribution >= 4 is 40.5 Å². The fourth-order valence-electron chi connectivity index (χ4n) is 4.31. The van der Waals surface area contributed by atoms with Gasteiger partial charge in [-0.15, -0.1) is 11.8 Å². The summed E-state index contributed by atoms with van der Waals surface area (Å²) in [6.07, 6.45) is 18.9. The number of aryl methyl sites for hydroxylation is 2. The molecule has 0 aliphatic rings. The SMILES string of the molecule is CSc1nc(Cl)nc2nc(C)n(CCCCCCCCCCCCCCCC(=O)OC(C)C)c12. The van der Waals surface area contributed by atoms with Gasteiger partial charge in [0.1, 0.15) is 16.4 Å². The molecule has 0 saturated heterocycles. The van der Waals surface area contributed by atoms with Gasteiger partial charge >= 0.3 is 5.97 Å². The van der Waals surface area contributed by atoms with Gasteiger partial charge in [-0.3, -0.25) is 4.79 Å². The molecule has 0 N–H and O–H groups in total. The van der Waals surface area contributed by atoms with Gasteiger partial charge in [0.25, 0.3) is 0 Å². The Labute approximate surface area is 215 Å². The van der Waals surface area contributed by atoms with E-state index >= 15 is 0 Å². The van der Waals surface area contributed by atoms with E-state index < -0.39 is 0 Å². The molecule has 34 heavy (non-hydrogen) atoms. The fraction of sp³-hybridized carbons (Fsp3) is 0.769. The lowest BCUT2D eigenvalue weighted by Gasteiger charge is -2.09. The Bertz CT molecular complexity index is 872. The summed E-state index contributed by atoms with van der Waals surface area (Å²) in [7, 11) is 0. The lowest BCUT2D eigenvalue weighted by molar-refractivity contribution is -0.147. The van der Waals surface area contributed by atoms with Crippen LogP contribution in [0, 0.1) is 6.92 Å². The van der Waals surface area contributed by atoms with Crippen molar-refractivity contribution in [3.05, 3.63) is 11.1 Å². The van der Waals surface area contributed by atoms with Gasteiger partial charge in [0.15, 0.2) is 5.65 Å². The largest absolute Gasteiger partial charge is 0.463 e. The van der Waals surface area contributed by atoms with E-state index in [0.29, 0.717) is 12.1 Å². The molecule has 0 atom stereocenters. The van der Waals surface area contributed by atoms with Crippen LogP contribution in [0.25, 0.3) is 11.2 Å². The number of rotatable bonds is 18. The second-order valence-electron chi connectivity index (χ2n) is 9.37. The molecule has 2 rings (SSSR count). The molecule has 0 aliphatic heterocycles. The van der Waals surface area contributed by atoms with Crippen LogP contribution in [-0.4, -0.2) is 37.8 Å². The summed E-state index contributed by atoms with van der Waals surface area (Å²) in [6, 6.07) is 0. The number of hydrogen-bond acceptors (Lipinski definition) is 6. The molecule has 2 aromatic rings. The lowest BCUT2D eigenvalue weighted by Crippen LogP contribution is -2.10. The minimum Gasteiger partial charge on any atom is -0.463 e. The minimum absolute atomic E-state index is 0.00388. The molecule has 0 aromatic carbocycles. The second-order valence-corrected chi connectivity index (χ2v) is 10.5. The van der Waals surface area contributed by atoms with E-state index in [4.69, 9.17) is 16.3 Å². The first-order valence-corrected chi connectivity index (χ1v) is 14.7. The predicted molar refractivity (Wildman–Crippen MR) is 143 cm³/mol. The quantitative estimate of drug-likeness (QED) is 0.0666. The van der Waals surface area contributed by atoms with E-state index in [1.807, 2.05) is 27.0 Å². The van der Waals surface area contributed by atoms with Gasteiger partial charge in [-0.2, -0.15) is 4.98 Å². The van der Waals surface area contributed by atoms with Crippen molar-refractivity contribution in [2.75, 3.05) is 6.26 Å². The molecule has 2 heterocycles. The second kappa shape index (κ2) is 16.4. The Morgan fingerprint density at radius 1 is 0.882 bits per heavy atom. The van der Waals surface area contributed by atoms with Gasteiger partial charge < -0.3 is 9.30 Å². The van der Waals surface area contributed by atoms with Crippen molar-refractivity contribution < 1.29 is 9.53 Å². The van der Waals surface area contributed by atoms with Crippen LogP contribution < -0.4 is 0 Å². The summed E-state index contributed by atoms with van der Waals surface area (Å²) >= 11 is 7.62. The molecule has 0 amide bonds. The molecule has 0 fully saturated rings. The summed E-state index contributed by atoms with van der Waals surface area (Å²) in [6.45, 7) is 6.79. The Morgan fingerprint density at radius 3 is 1.94 bits per heavy atom. The maximum atomic E-state index is 11.5. The number of nitrogens with zero attached hydrogens (tertiary/aromatic N) is 4. The number of esters is 1. The van der Waals surface area contributed by atoms with E-state index in [1.165, 1.54) is 64.2 Å². The van der Waals surface area contributed by atoms with Gasteiger partial charge in [0, 0.05) is 13.0 Å². The van der Waals surface area contributed by atoms with Crippen molar-refractivity contribution in [2.24, 2.45) is 0 Å². The minimum atomic E-state index is -0.0509. The average Bonchev–Trinajstić information content (AvgIpc) is 3.09. The van der Waals surface area contributed by atoms with Crippen LogP contribution in [0.2, 0.25) is 5.28 Å². The van der Waals surface area contributed by atoms with E-state index in [-0.39, 0.29) is 17.4 Å². The zero-order chi connectivity index (χ0) is 24.8. The molecule has 0 unspecified atom stereocenters. The number of aromatic nitrogens is 4. The maximum absolute atomic E-state index is 11.5. The number of fused-ring (bicyclic) bond motifs is 1. The number of carbonyl (C=O) groups is 1. The molecule has 192 valence electrons. The highest BCUT2D eigenvalue weighted by Gasteiger charge is 2.15. The zero-order valence-corrected chi connectivity index (χ0v) is 23.1. The maximum Gasteiger partial charge on any atom is 0.306 e. The van der Waals surface area contributed by atoms with Gasteiger partial charge in [0.05, 0.1) is 6.10 Å². The molecule has 0 aliphatic carbocycles. The molecule has 0 saturated carbocycles. The monoisotopic (exact) mass is 510 g/mol. The number of carbonyl (C=O) groups excluding carboxylic acids is 1. The smallest absolute Gasteiger partial charge is 0.306 e. The summed E-state index contributed by atoms with van der Waals surface area (Å²) in [5, 5.41) is 1.17. The normalized spacial score (nSPS) is 11.6. The summed E-state index contributed by atoms with van der Waals surface area (Å²) in [5.74, 6) is 0.931. The Balaban J connectivity index is 1.45. The predicted octanol–water partition coefficient (Wildman–Crippen LogP) is 7.92. The fourth-order valence-corrected chi connectivity index (χ4v) is 5.10. The van der Waals surface area contributed by atoms with E-state index in [0.717, 1.165) is 42.2 Å². The summed E-state index contributed by atoms with van der Waals surface area (Å²) in [4.78, 5) is 24.7. The number of hydrogen-bond donors (Lipinski definition) is 0. The highest BCUT2D eigenvalue weighted by atomic mass is 35.5. The third-order valence-corrected chi connectivity index (χ3v) is 6.90.